The maximum Gasteiger partial charge on any atom is 0.287 e. The van der Waals surface area contributed by atoms with E-state index in [1.807, 2.05) is 38.1 Å². The number of furan rings is 1. The van der Waals surface area contributed by atoms with Gasteiger partial charge >= 0.3 is 0 Å². The first-order valence-electron chi connectivity index (χ1n) is 8.68. The summed E-state index contributed by atoms with van der Waals surface area (Å²) in [6.45, 7) is 2.17. The fourth-order valence-electron chi connectivity index (χ4n) is 3.13. The van der Waals surface area contributed by atoms with Crippen molar-refractivity contribution in [1.82, 2.24) is 10.2 Å². The Bertz CT molecular complexity index is 965. The van der Waals surface area contributed by atoms with Gasteiger partial charge in [0, 0.05) is 17.5 Å². The number of nitrogens with zero attached hydrogens (tertiary/aromatic N) is 1. The Morgan fingerprint density at radius 3 is 2.70 bits per heavy atom. The van der Waals surface area contributed by atoms with E-state index in [9.17, 15) is 9.18 Å². The summed E-state index contributed by atoms with van der Waals surface area (Å²) < 4.78 is 24.5. The third-order valence-electron chi connectivity index (χ3n) is 4.66. The lowest BCUT2D eigenvalue weighted by molar-refractivity contribution is 0.0915. The number of ether oxygens (including phenoxy) is 1. The number of aryl methyl sites for hydroxylation is 1. The minimum Gasteiger partial charge on any atom is -0.497 e. The molecular formula is C21H23FN2O3. The van der Waals surface area contributed by atoms with Gasteiger partial charge in [-0.05, 0) is 56.9 Å². The summed E-state index contributed by atoms with van der Waals surface area (Å²) >= 11 is 0. The lowest BCUT2D eigenvalue weighted by atomic mass is 10.1. The average molecular weight is 370 g/mol. The van der Waals surface area contributed by atoms with Crippen LogP contribution >= 0.6 is 0 Å². The van der Waals surface area contributed by atoms with Crippen molar-refractivity contribution >= 4 is 16.9 Å². The number of hydrogen-bond acceptors (Lipinski definition) is 4. The molecule has 1 heterocycles. The minimum atomic E-state index is -0.300. The second-order valence-electron chi connectivity index (χ2n) is 6.66. The highest BCUT2D eigenvalue weighted by Crippen LogP contribution is 2.29. The van der Waals surface area contributed by atoms with Crippen LogP contribution in [0.2, 0.25) is 0 Å². The zero-order valence-electron chi connectivity index (χ0n) is 15.9. The van der Waals surface area contributed by atoms with Crippen LogP contribution in [-0.4, -0.2) is 38.6 Å². The standard InChI is InChI=1S/C21H23FN2O3/c1-13-17-11-16(26-4)8-9-19(17)27-20(13)21(25)23-12-18(24(2)3)14-6-5-7-15(22)10-14/h5-11,18H,12H2,1-4H3,(H,23,25). The van der Waals surface area contributed by atoms with Crippen LogP contribution in [0, 0.1) is 12.7 Å². The Morgan fingerprint density at radius 2 is 2.04 bits per heavy atom. The third-order valence-corrected chi connectivity index (χ3v) is 4.66. The first kappa shape index (κ1) is 18.9. The van der Waals surface area contributed by atoms with Crippen LogP contribution in [0.25, 0.3) is 11.0 Å². The number of likely N-dealkylation sites (N-methyl/N-ethyl adjacent to an activating group) is 1. The van der Waals surface area contributed by atoms with Gasteiger partial charge in [0.15, 0.2) is 5.76 Å². The van der Waals surface area contributed by atoms with Gasteiger partial charge in [0.2, 0.25) is 0 Å². The van der Waals surface area contributed by atoms with Crippen LogP contribution in [0.15, 0.2) is 46.9 Å². The number of halogens is 1. The van der Waals surface area contributed by atoms with Crippen LogP contribution in [0.1, 0.15) is 27.7 Å². The van der Waals surface area contributed by atoms with E-state index in [2.05, 4.69) is 5.32 Å². The summed E-state index contributed by atoms with van der Waals surface area (Å²) in [5.74, 6) is 0.380. The molecule has 0 bridgehead atoms. The van der Waals surface area contributed by atoms with Crippen molar-refractivity contribution in [3.8, 4) is 5.75 Å². The monoisotopic (exact) mass is 370 g/mol. The van der Waals surface area contributed by atoms with E-state index in [1.165, 1.54) is 12.1 Å². The Hall–Kier alpha value is -2.86. The molecule has 6 heteroatoms. The molecule has 1 unspecified atom stereocenters. The third kappa shape index (κ3) is 3.95. The van der Waals surface area contributed by atoms with Gasteiger partial charge < -0.3 is 19.4 Å². The lowest BCUT2D eigenvalue weighted by Crippen LogP contribution is -2.34. The SMILES string of the molecule is COc1ccc2oc(C(=O)NCC(c3cccc(F)c3)N(C)C)c(C)c2c1. The van der Waals surface area contributed by atoms with Gasteiger partial charge in [0.25, 0.3) is 5.91 Å². The maximum absolute atomic E-state index is 13.6. The molecule has 0 aliphatic heterocycles. The molecule has 142 valence electrons. The summed E-state index contributed by atoms with van der Waals surface area (Å²) in [4.78, 5) is 14.6. The molecule has 1 aromatic heterocycles. The van der Waals surface area contributed by atoms with Crippen molar-refractivity contribution in [2.24, 2.45) is 0 Å². The van der Waals surface area contributed by atoms with Crippen molar-refractivity contribution in [3.63, 3.8) is 0 Å². The summed E-state index contributed by atoms with van der Waals surface area (Å²) in [6, 6.07) is 11.7. The Morgan fingerprint density at radius 1 is 1.26 bits per heavy atom. The molecular weight excluding hydrogens is 347 g/mol. The minimum absolute atomic E-state index is 0.158. The summed E-state index contributed by atoms with van der Waals surface area (Å²) in [5.41, 5.74) is 2.19. The zero-order valence-corrected chi connectivity index (χ0v) is 15.9. The molecule has 0 aliphatic carbocycles. The van der Waals surface area contributed by atoms with Crippen molar-refractivity contribution in [1.29, 1.82) is 0 Å². The number of hydrogen-bond donors (Lipinski definition) is 1. The normalized spacial score (nSPS) is 12.4. The molecule has 3 rings (SSSR count). The second-order valence-corrected chi connectivity index (χ2v) is 6.66. The van der Waals surface area contributed by atoms with Crippen molar-refractivity contribution < 1.29 is 18.3 Å². The lowest BCUT2D eigenvalue weighted by Gasteiger charge is -2.25. The number of nitrogens with one attached hydrogen (secondary N) is 1. The van der Waals surface area contributed by atoms with E-state index >= 15 is 0 Å². The number of rotatable bonds is 6. The van der Waals surface area contributed by atoms with E-state index in [-0.39, 0.29) is 23.5 Å². The highest BCUT2D eigenvalue weighted by Gasteiger charge is 2.21. The molecule has 0 radical (unpaired) electrons. The van der Waals surface area contributed by atoms with Crippen molar-refractivity contribution in [2.45, 2.75) is 13.0 Å². The smallest absolute Gasteiger partial charge is 0.287 e. The molecule has 0 fully saturated rings. The van der Waals surface area contributed by atoms with E-state index in [0.717, 1.165) is 16.5 Å². The highest BCUT2D eigenvalue weighted by molar-refractivity contribution is 5.99. The number of amides is 1. The Labute approximate surface area is 157 Å². The van der Waals surface area contributed by atoms with Gasteiger partial charge in [-0.2, -0.15) is 0 Å². The van der Waals surface area contributed by atoms with Gasteiger partial charge in [-0.1, -0.05) is 12.1 Å². The fourth-order valence-corrected chi connectivity index (χ4v) is 3.13. The molecule has 5 nitrogen and oxygen atoms in total. The Kier molecular flexibility index (Phi) is 5.46. The van der Waals surface area contributed by atoms with Crippen LogP contribution in [0.3, 0.4) is 0 Å². The summed E-state index contributed by atoms with van der Waals surface area (Å²) in [5, 5.41) is 3.74. The van der Waals surface area contributed by atoms with E-state index in [4.69, 9.17) is 9.15 Å². The number of carbonyl (C=O) groups is 1. The predicted molar refractivity (Wildman–Crippen MR) is 103 cm³/mol. The number of fused-ring (bicyclic) bond motifs is 1. The predicted octanol–water partition coefficient (Wildman–Crippen LogP) is 3.92. The molecule has 0 spiro atoms. The van der Waals surface area contributed by atoms with Crippen LogP contribution in [-0.2, 0) is 0 Å². The molecule has 3 aromatic rings. The first-order chi connectivity index (χ1) is 12.9. The number of carbonyl (C=O) groups excluding carboxylic acids is 1. The fraction of sp³-hybridized carbons (Fsp3) is 0.286. The largest absolute Gasteiger partial charge is 0.497 e. The first-order valence-corrected chi connectivity index (χ1v) is 8.68. The molecule has 27 heavy (non-hydrogen) atoms. The summed E-state index contributed by atoms with van der Waals surface area (Å²) in [7, 11) is 5.37. The van der Waals surface area contributed by atoms with Gasteiger partial charge in [0.1, 0.15) is 17.1 Å². The molecule has 1 amide bonds. The van der Waals surface area contributed by atoms with Gasteiger partial charge in [-0.15, -0.1) is 0 Å². The maximum atomic E-state index is 13.6. The summed E-state index contributed by atoms with van der Waals surface area (Å²) in [6.07, 6.45) is 0. The topological polar surface area (TPSA) is 54.7 Å². The zero-order chi connectivity index (χ0) is 19.6. The number of methoxy groups -OCH3 is 1. The second kappa shape index (κ2) is 7.80. The van der Waals surface area contributed by atoms with Gasteiger partial charge in [0.05, 0.1) is 13.2 Å². The molecule has 0 aliphatic rings. The molecule has 1 N–H and O–H groups in total. The molecule has 2 aromatic carbocycles. The van der Waals surface area contributed by atoms with Crippen LogP contribution < -0.4 is 10.1 Å². The highest BCUT2D eigenvalue weighted by atomic mass is 19.1. The van der Waals surface area contributed by atoms with E-state index in [0.29, 0.717) is 17.9 Å². The molecule has 0 saturated carbocycles. The van der Waals surface area contributed by atoms with Gasteiger partial charge in [-0.3, -0.25) is 4.79 Å². The van der Waals surface area contributed by atoms with Gasteiger partial charge in [-0.25, -0.2) is 4.39 Å². The Balaban J connectivity index is 1.80. The van der Waals surface area contributed by atoms with E-state index < -0.39 is 0 Å². The van der Waals surface area contributed by atoms with E-state index in [1.54, 1.807) is 25.3 Å². The molecule has 1 atom stereocenters. The number of benzene rings is 2. The van der Waals surface area contributed by atoms with Crippen LogP contribution in [0.4, 0.5) is 4.39 Å². The molecule has 0 saturated heterocycles. The van der Waals surface area contributed by atoms with Crippen molar-refractivity contribution in [3.05, 3.63) is 65.2 Å². The average Bonchev–Trinajstić information content (AvgIpc) is 2.97. The quantitative estimate of drug-likeness (QED) is 0.715. The van der Waals surface area contributed by atoms with Crippen LogP contribution in [0.5, 0.6) is 5.75 Å². The van der Waals surface area contributed by atoms with Crippen molar-refractivity contribution in [2.75, 3.05) is 27.7 Å².